The fraction of sp³-hybridized carbons (Fsp3) is 0.143. The van der Waals surface area contributed by atoms with Crippen molar-refractivity contribution in [1.82, 2.24) is 20.0 Å². The second-order valence-corrected chi connectivity index (χ2v) is 6.55. The average molecular weight is 391 g/mol. The lowest BCUT2D eigenvalue weighted by Crippen LogP contribution is -2.26. The largest absolute Gasteiger partial charge is 0.373 e. The van der Waals surface area contributed by atoms with Crippen molar-refractivity contribution < 1.29 is 13.7 Å². The van der Waals surface area contributed by atoms with Gasteiger partial charge in [0.1, 0.15) is 18.0 Å². The normalized spacial score (nSPS) is 10.9. The molecule has 1 amide bonds. The maximum atomic E-state index is 14.4. The molecule has 0 saturated carbocycles. The number of nitrogens with one attached hydrogen (secondary N) is 1. The highest BCUT2D eigenvalue weighted by molar-refractivity contribution is 5.92. The van der Waals surface area contributed by atoms with Gasteiger partial charge in [-0.3, -0.25) is 4.79 Å². The van der Waals surface area contributed by atoms with E-state index >= 15 is 0 Å². The van der Waals surface area contributed by atoms with Gasteiger partial charge in [-0.1, -0.05) is 17.3 Å². The quantitative estimate of drug-likeness (QED) is 0.558. The second kappa shape index (κ2) is 7.67. The molecule has 146 valence electrons. The van der Waals surface area contributed by atoms with Crippen LogP contribution in [-0.4, -0.2) is 40.0 Å². The smallest absolute Gasteiger partial charge is 0.292 e. The van der Waals surface area contributed by atoms with E-state index in [1.165, 1.54) is 29.6 Å². The molecule has 0 saturated heterocycles. The van der Waals surface area contributed by atoms with Crippen LogP contribution in [0.25, 0.3) is 22.0 Å². The number of amides is 1. The molecule has 29 heavy (non-hydrogen) atoms. The molecule has 2 aromatic heterocycles. The number of aromatic nitrogens is 3. The van der Waals surface area contributed by atoms with Crippen LogP contribution < -0.4 is 5.32 Å². The average Bonchev–Trinajstić information content (AvgIpc) is 3.28. The first-order chi connectivity index (χ1) is 14.1. The molecule has 0 aliphatic rings. The molecule has 4 aromatic rings. The van der Waals surface area contributed by atoms with Crippen molar-refractivity contribution in [3.63, 3.8) is 0 Å². The lowest BCUT2D eigenvalue weighted by Gasteiger charge is -2.17. The van der Waals surface area contributed by atoms with Crippen LogP contribution in [0.5, 0.6) is 0 Å². The van der Waals surface area contributed by atoms with Gasteiger partial charge in [0.15, 0.2) is 0 Å². The van der Waals surface area contributed by atoms with Crippen LogP contribution in [0, 0.1) is 5.82 Å². The zero-order valence-electron chi connectivity index (χ0n) is 15.9. The summed E-state index contributed by atoms with van der Waals surface area (Å²) in [5.41, 5.74) is 2.94. The summed E-state index contributed by atoms with van der Waals surface area (Å²) >= 11 is 0. The highest BCUT2D eigenvalue weighted by Gasteiger charge is 2.17. The van der Waals surface area contributed by atoms with E-state index in [2.05, 4.69) is 20.4 Å². The van der Waals surface area contributed by atoms with Crippen LogP contribution in [0.2, 0.25) is 0 Å². The number of halogens is 1. The molecule has 0 unspecified atom stereocenters. The lowest BCUT2D eigenvalue weighted by molar-refractivity contribution is 0.0742. The standard InChI is InChI=1S/C21H18FN5O2/c1-23-20-16-10-14(4-6-18(16)24-12-25-20)13-3-5-17(22)15(9-13)11-27(2)21(28)19-7-8-26-29-19/h3-10,12H,11H2,1-2H3,(H,23,24,25). The number of carbonyl (C=O) groups is 1. The Kier molecular flexibility index (Phi) is 4.90. The number of hydrogen-bond acceptors (Lipinski definition) is 6. The molecule has 1 N–H and O–H groups in total. The van der Waals surface area contributed by atoms with Crippen molar-refractivity contribution in [3.8, 4) is 11.1 Å². The van der Waals surface area contributed by atoms with E-state index < -0.39 is 0 Å². The van der Waals surface area contributed by atoms with E-state index in [1.54, 1.807) is 26.2 Å². The van der Waals surface area contributed by atoms with Crippen molar-refractivity contribution in [2.24, 2.45) is 0 Å². The van der Waals surface area contributed by atoms with E-state index in [-0.39, 0.29) is 24.0 Å². The van der Waals surface area contributed by atoms with Gasteiger partial charge in [0.2, 0.25) is 5.76 Å². The van der Waals surface area contributed by atoms with E-state index in [0.29, 0.717) is 5.56 Å². The number of anilines is 1. The molecule has 8 heteroatoms. The van der Waals surface area contributed by atoms with Gasteiger partial charge in [-0.2, -0.15) is 0 Å². The molecule has 0 fully saturated rings. The fourth-order valence-corrected chi connectivity index (χ4v) is 3.15. The van der Waals surface area contributed by atoms with Gasteiger partial charge in [0, 0.05) is 37.7 Å². The van der Waals surface area contributed by atoms with Gasteiger partial charge in [-0.15, -0.1) is 0 Å². The zero-order chi connectivity index (χ0) is 20.4. The molecule has 0 aliphatic heterocycles. The van der Waals surface area contributed by atoms with Crippen LogP contribution >= 0.6 is 0 Å². The molecule has 4 rings (SSSR count). The monoisotopic (exact) mass is 391 g/mol. The topological polar surface area (TPSA) is 84.2 Å². The molecule has 2 heterocycles. The third-order valence-electron chi connectivity index (χ3n) is 4.65. The summed E-state index contributed by atoms with van der Waals surface area (Å²) in [7, 11) is 3.38. The van der Waals surface area contributed by atoms with Crippen molar-refractivity contribution in [2.45, 2.75) is 6.54 Å². The maximum Gasteiger partial charge on any atom is 0.292 e. The maximum absolute atomic E-state index is 14.4. The number of nitrogens with zero attached hydrogens (tertiary/aromatic N) is 4. The summed E-state index contributed by atoms with van der Waals surface area (Å²) in [5, 5.41) is 7.45. The number of hydrogen-bond donors (Lipinski definition) is 1. The molecule has 0 aliphatic carbocycles. The summed E-state index contributed by atoms with van der Waals surface area (Å²) in [6, 6.07) is 12.1. The van der Waals surface area contributed by atoms with Crippen molar-refractivity contribution in [3.05, 3.63) is 72.1 Å². The molecule has 0 radical (unpaired) electrons. The molecular formula is C21H18FN5O2. The molecule has 2 aromatic carbocycles. The highest BCUT2D eigenvalue weighted by atomic mass is 19.1. The Labute approximate surface area is 166 Å². The Balaban J connectivity index is 1.66. The predicted molar refractivity (Wildman–Crippen MR) is 107 cm³/mol. The first kappa shape index (κ1) is 18.5. The van der Waals surface area contributed by atoms with Gasteiger partial charge >= 0.3 is 0 Å². The Morgan fingerprint density at radius 1 is 1.14 bits per heavy atom. The first-order valence-corrected chi connectivity index (χ1v) is 8.94. The van der Waals surface area contributed by atoms with E-state index in [0.717, 1.165) is 27.8 Å². The minimum Gasteiger partial charge on any atom is -0.373 e. The van der Waals surface area contributed by atoms with Gasteiger partial charge in [0.05, 0.1) is 11.7 Å². The van der Waals surface area contributed by atoms with Crippen LogP contribution in [0.4, 0.5) is 10.2 Å². The summed E-state index contributed by atoms with van der Waals surface area (Å²) in [5.74, 6) is 0.0783. The molecular weight excluding hydrogens is 373 g/mol. The second-order valence-electron chi connectivity index (χ2n) is 6.55. The third kappa shape index (κ3) is 3.64. The van der Waals surface area contributed by atoms with Crippen molar-refractivity contribution >= 4 is 22.6 Å². The van der Waals surface area contributed by atoms with Crippen LogP contribution in [0.1, 0.15) is 16.1 Å². The molecule has 0 spiro atoms. The first-order valence-electron chi connectivity index (χ1n) is 8.94. The highest BCUT2D eigenvalue weighted by Crippen LogP contribution is 2.28. The summed E-state index contributed by atoms with van der Waals surface area (Å²) < 4.78 is 19.3. The van der Waals surface area contributed by atoms with Crippen LogP contribution in [0.15, 0.2) is 59.5 Å². The van der Waals surface area contributed by atoms with Crippen LogP contribution in [0.3, 0.4) is 0 Å². The van der Waals surface area contributed by atoms with E-state index in [9.17, 15) is 9.18 Å². The predicted octanol–water partition coefficient (Wildman–Crippen LogP) is 3.74. The fourth-order valence-electron chi connectivity index (χ4n) is 3.15. The number of carbonyl (C=O) groups excluding carboxylic acids is 1. The minimum absolute atomic E-state index is 0.0949. The summed E-state index contributed by atoms with van der Waals surface area (Å²) in [4.78, 5) is 22.2. The number of rotatable bonds is 5. The third-order valence-corrected chi connectivity index (χ3v) is 4.65. The van der Waals surface area contributed by atoms with Gasteiger partial charge in [-0.05, 0) is 35.4 Å². The Morgan fingerprint density at radius 2 is 1.93 bits per heavy atom. The minimum atomic E-state index is -0.383. The Bertz CT molecular complexity index is 1180. The summed E-state index contributed by atoms with van der Waals surface area (Å²) in [6.45, 7) is 0.0949. The zero-order valence-corrected chi connectivity index (χ0v) is 15.9. The number of benzene rings is 2. The summed E-state index contributed by atoms with van der Waals surface area (Å²) in [6.07, 6.45) is 2.90. The van der Waals surface area contributed by atoms with E-state index in [1.807, 2.05) is 18.2 Å². The molecule has 0 atom stereocenters. The van der Waals surface area contributed by atoms with Crippen LogP contribution in [-0.2, 0) is 6.54 Å². The molecule has 0 bridgehead atoms. The molecule has 7 nitrogen and oxygen atoms in total. The van der Waals surface area contributed by atoms with Gasteiger partial charge < -0.3 is 14.7 Å². The SMILES string of the molecule is CNc1ncnc2ccc(-c3ccc(F)c(CN(C)C(=O)c4ccno4)c3)cc12. The van der Waals surface area contributed by atoms with Crippen molar-refractivity contribution in [1.29, 1.82) is 0 Å². The van der Waals surface area contributed by atoms with Crippen molar-refractivity contribution in [2.75, 3.05) is 19.4 Å². The lowest BCUT2D eigenvalue weighted by atomic mass is 10.0. The van der Waals surface area contributed by atoms with E-state index in [4.69, 9.17) is 4.52 Å². The number of fused-ring (bicyclic) bond motifs is 1. The van der Waals surface area contributed by atoms with Gasteiger partial charge in [-0.25, -0.2) is 14.4 Å². The Morgan fingerprint density at radius 3 is 2.69 bits per heavy atom. The Hall–Kier alpha value is -3.81. The van der Waals surface area contributed by atoms with Gasteiger partial charge in [0.25, 0.3) is 5.91 Å².